The summed E-state index contributed by atoms with van der Waals surface area (Å²) < 4.78 is 0. The highest BCUT2D eigenvalue weighted by molar-refractivity contribution is 5.97. The number of aliphatic carboxylic acids is 2. The van der Waals surface area contributed by atoms with E-state index < -0.39 is 90.1 Å². The van der Waals surface area contributed by atoms with E-state index in [9.17, 15) is 43.8 Å². The molecule has 2 fully saturated rings. The molecule has 0 radical (unpaired) electrons. The number of likely N-dealkylation sites (tertiary alicyclic amines) is 2. The fourth-order valence-corrected chi connectivity index (χ4v) is 6.17. The highest BCUT2D eigenvalue weighted by Crippen LogP contribution is 2.23. The van der Waals surface area contributed by atoms with E-state index in [1.54, 1.807) is 13.8 Å². The number of rotatable bonds is 19. The average molecular weight is 682 g/mol. The van der Waals surface area contributed by atoms with Crippen LogP contribution in [0.2, 0.25) is 0 Å². The van der Waals surface area contributed by atoms with E-state index in [1.165, 1.54) is 9.80 Å². The molecule has 272 valence electrons. The lowest BCUT2D eigenvalue weighted by Gasteiger charge is -2.32. The largest absolute Gasteiger partial charge is 0.481 e. The Morgan fingerprint density at radius 2 is 1.35 bits per heavy atom. The van der Waals surface area contributed by atoms with Crippen LogP contribution in [0.15, 0.2) is 0 Å². The van der Waals surface area contributed by atoms with Crippen LogP contribution in [0.25, 0.3) is 0 Å². The van der Waals surface area contributed by atoms with Gasteiger partial charge in [0, 0.05) is 19.5 Å². The number of carbonyl (C=O) groups excluding carboxylic acids is 5. The van der Waals surface area contributed by atoms with E-state index in [2.05, 4.69) is 16.0 Å². The summed E-state index contributed by atoms with van der Waals surface area (Å²) >= 11 is 0. The number of carboxylic acids is 2. The van der Waals surface area contributed by atoms with Crippen molar-refractivity contribution in [3.05, 3.63) is 0 Å². The molecule has 48 heavy (non-hydrogen) atoms. The zero-order valence-corrected chi connectivity index (χ0v) is 28.6. The second-order valence-corrected chi connectivity index (χ2v) is 13.5. The highest BCUT2D eigenvalue weighted by Gasteiger charge is 2.42. The Morgan fingerprint density at radius 1 is 0.771 bits per heavy atom. The molecule has 5 amide bonds. The number of hydrogen-bond donors (Lipinski definition) is 7. The summed E-state index contributed by atoms with van der Waals surface area (Å²) in [6.07, 6.45) is 2.81. The van der Waals surface area contributed by atoms with Crippen molar-refractivity contribution in [2.24, 2.45) is 23.3 Å². The zero-order valence-electron chi connectivity index (χ0n) is 28.6. The number of unbranched alkanes of at least 4 members (excludes halogenated alkanes) is 1. The zero-order chi connectivity index (χ0) is 36.1. The van der Waals surface area contributed by atoms with E-state index in [4.69, 9.17) is 11.5 Å². The third-order valence-corrected chi connectivity index (χ3v) is 8.80. The van der Waals surface area contributed by atoms with Crippen LogP contribution in [-0.2, 0) is 33.6 Å². The fourth-order valence-electron chi connectivity index (χ4n) is 6.17. The van der Waals surface area contributed by atoms with E-state index in [0.29, 0.717) is 45.1 Å². The SMILES string of the molecule is CC(C)C[C@H](NC(=O)[C@@H]1CCCN1C(=O)[C@H](CCC(=O)O)NC(=O)[C@@H](NC(=O)[C@@H](N)CCCCN)C(C)C)C(=O)N1CCC[C@H]1C(=O)O. The maximum Gasteiger partial charge on any atom is 0.326 e. The van der Waals surface area contributed by atoms with Crippen LogP contribution in [0.5, 0.6) is 0 Å². The first-order valence-corrected chi connectivity index (χ1v) is 17.0. The van der Waals surface area contributed by atoms with Gasteiger partial charge in [-0.15, -0.1) is 0 Å². The van der Waals surface area contributed by atoms with E-state index in [-0.39, 0.29) is 38.3 Å². The Kier molecular flexibility index (Phi) is 16.2. The molecule has 2 heterocycles. The summed E-state index contributed by atoms with van der Waals surface area (Å²) in [5.41, 5.74) is 11.5. The van der Waals surface area contributed by atoms with Gasteiger partial charge < -0.3 is 47.4 Å². The lowest BCUT2D eigenvalue weighted by molar-refractivity contribution is -0.150. The van der Waals surface area contributed by atoms with Gasteiger partial charge in [-0.1, -0.05) is 34.1 Å². The lowest BCUT2D eigenvalue weighted by atomic mass is 10.0. The van der Waals surface area contributed by atoms with E-state index in [0.717, 1.165) is 0 Å². The lowest BCUT2D eigenvalue weighted by Crippen LogP contribution is -2.59. The number of nitrogens with one attached hydrogen (secondary N) is 3. The summed E-state index contributed by atoms with van der Waals surface area (Å²) in [7, 11) is 0. The maximum absolute atomic E-state index is 13.9. The normalized spacial score (nSPS) is 20.2. The van der Waals surface area contributed by atoms with Gasteiger partial charge in [0.25, 0.3) is 0 Å². The molecule has 16 nitrogen and oxygen atoms in total. The number of carbonyl (C=O) groups is 7. The highest BCUT2D eigenvalue weighted by atomic mass is 16.4. The summed E-state index contributed by atoms with van der Waals surface area (Å²) in [5.74, 6) is -5.71. The number of amides is 5. The Balaban J connectivity index is 2.22. The summed E-state index contributed by atoms with van der Waals surface area (Å²) in [6, 6.07) is -6.23. The van der Waals surface area contributed by atoms with Gasteiger partial charge in [0.1, 0.15) is 30.2 Å². The molecule has 2 aliphatic heterocycles. The quantitative estimate of drug-likeness (QED) is 0.0858. The smallest absolute Gasteiger partial charge is 0.326 e. The average Bonchev–Trinajstić information content (AvgIpc) is 3.71. The molecular weight excluding hydrogens is 626 g/mol. The van der Waals surface area contributed by atoms with Gasteiger partial charge in [-0.2, -0.15) is 0 Å². The predicted molar refractivity (Wildman–Crippen MR) is 175 cm³/mol. The number of hydrogen-bond acceptors (Lipinski definition) is 9. The van der Waals surface area contributed by atoms with Gasteiger partial charge in [0.05, 0.1) is 6.04 Å². The summed E-state index contributed by atoms with van der Waals surface area (Å²) in [5, 5.41) is 27.0. The van der Waals surface area contributed by atoms with Crippen LogP contribution < -0.4 is 27.4 Å². The number of nitrogens with zero attached hydrogens (tertiary/aromatic N) is 2. The molecule has 2 aliphatic rings. The van der Waals surface area contributed by atoms with Crippen LogP contribution in [0.1, 0.15) is 91.9 Å². The van der Waals surface area contributed by atoms with Crippen LogP contribution in [0, 0.1) is 11.8 Å². The van der Waals surface area contributed by atoms with Crippen LogP contribution in [0.3, 0.4) is 0 Å². The maximum atomic E-state index is 13.9. The van der Waals surface area contributed by atoms with Crippen molar-refractivity contribution in [1.29, 1.82) is 0 Å². The third-order valence-electron chi connectivity index (χ3n) is 8.80. The minimum Gasteiger partial charge on any atom is -0.481 e. The molecule has 0 saturated carbocycles. The molecule has 16 heteroatoms. The molecule has 0 aromatic carbocycles. The fraction of sp³-hybridized carbons (Fsp3) is 0.781. The molecule has 0 spiro atoms. The first-order chi connectivity index (χ1) is 22.6. The summed E-state index contributed by atoms with van der Waals surface area (Å²) in [4.78, 5) is 93.0. The number of nitrogens with two attached hydrogens (primary N) is 2. The molecule has 6 atom stereocenters. The van der Waals surface area contributed by atoms with Crippen molar-refractivity contribution < 1.29 is 43.8 Å². The van der Waals surface area contributed by atoms with E-state index >= 15 is 0 Å². The van der Waals surface area contributed by atoms with Crippen LogP contribution in [-0.4, -0.2) is 117 Å². The Hall–Kier alpha value is -3.79. The Labute approximate surface area is 282 Å². The molecule has 0 bridgehead atoms. The van der Waals surface area contributed by atoms with Gasteiger partial charge in [0.15, 0.2) is 0 Å². The Morgan fingerprint density at radius 3 is 1.90 bits per heavy atom. The van der Waals surface area contributed by atoms with Crippen LogP contribution >= 0.6 is 0 Å². The van der Waals surface area contributed by atoms with Gasteiger partial charge >= 0.3 is 11.9 Å². The van der Waals surface area contributed by atoms with Crippen LogP contribution in [0.4, 0.5) is 0 Å². The first-order valence-electron chi connectivity index (χ1n) is 17.0. The molecule has 0 aromatic rings. The molecular formula is C32H55N7O9. The molecule has 0 aliphatic carbocycles. The van der Waals surface area contributed by atoms with Crippen molar-refractivity contribution in [3.8, 4) is 0 Å². The Bertz CT molecular complexity index is 1160. The van der Waals surface area contributed by atoms with Gasteiger partial charge in [-0.3, -0.25) is 28.8 Å². The predicted octanol–water partition coefficient (Wildman–Crippen LogP) is -0.469. The number of carboxylic acid groups (broad SMARTS) is 2. The van der Waals surface area contributed by atoms with Gasteiger partial charge in [-0.25, -0.2) is 4.79 Å². The van der Waals surface area contributed by atoms with Crippen molar-refractivity contribution in [2.45, 2.75) is 128 Å². The second-order valence-electron chi connectivity index (χ2n) is 13.5. The monoisotopic (exact) mass is 681 g/mol. The van der Waals surface area contributed by atoms with Crippen molar-refractivity contribution in [2.75, 3.05) is 19.6 Å². The molecule has 2 saturated heterocycles. The minimum atomic E-state index is -1.31. The second kappa shape index (κ2) is 19.3. The topological polar surface area (TPSA) is 255 Å². The molecule has 2 rings (SSSR count). The van der Waals surface area contributed by atoms with E-state index in [1.807, 2.05) is 13.8 Å². The molecule has 9 N–H and O–H groups in total. The molecule has 0 unspecified atom stereocenters. The van der Waals surface area contributed by atoms with Crippen molar-refractivity contribution in [1.82, 2.24) is 25.8 Å². The first kappa shape index (κ1) is 40.4. The van der Waals surface area contributed by atoms with Crippen molar-refractivity contribution in [3.63, 3.8) is 0 Å². The van der Waals surface area contributed by atoms with Gasteiger partial charge in [0.2, 0.25) is 29.5 Å². The van der Waals surface area contributed by atoms with Crippen molar-refractivity contribution >= 4 is 41.5 Å². The molecule has 0 aromatic heterocycles. The van der Waals surface area contributed by atoms with Gasteiger partial charge in [-0.05, 0) is 69.7 Å². The minimum absolute atomic E-state index is 0.0167. The third kappa shape index (κ3) is 11.7. The standard InChI is InChI=1S/C32H55N7O9/c1-18(2)17-22(31(46)39-16-8-11-24(39)32(47)48)36-28(43)23-10-7-15-38(23)30(45)21(12-13-25(40)41)35-29(44)26(19(3)4)37-27(42)20(34)9-5-6-14-33/h18-24,26H,5-17,33-34H2,1-4H3,(H,35,44)(H,36,43)(H,37,42)(H,40,41)(H,47,48)/t20-,21-,22-,23-,24-,26-/m0/s1. The summed E-state index contributed by atoms with van der Waals surface area (Å²) in [6.45, 7) is 8.03.